The maximum atomic E-state index is 13.1. The Kier molecular flexibility index (Phi) is 7.52. The summed E-state index contributed by atoms with van der Waals surface area (Å²) in [6, 6.07) is 20.6. The number of hydrogen-bond acceptors (Lipinski definition) is 7. The summed E-state index contributed by atoms with van der Waals surface area (Å²) in [5.41, 5.74) is 4.31. The fraction of sp³-hybridized carbons (Fsp3) is 0.214. The van der Waals surface area contributed by atoms with Crippen molar-refractivity contribution in [2.45, 2.75) is 6.42 Å². The molecule has 0 aliphatic carbocycles. The number of amides is 2. The van der Waals surface area contributed by atoms with Crippen LogP contribution in [0, 0.1) is 0 Å². The number of rotatable bonds is 8. The van der Waals surface area contributed by atoms with E-state index in [1.54, 1.807) is 31.1 Å². The van der Waals surface area contributed by atoms with Gasteiger partial charge in [-0.3, -0.25) is 9.59 Å². The van der Waals surface area contributed by atoms with E-state index in [2.05, 4.69) is 15.6 Å². The Balaban J connectivity index is 1.65. The van der Waals surface area contributed by atoms with E-state index in [9.17, 15) is 14.4 Å². The molecule has 0 fully saturated rings. The zero-order valence-corrected chi connectivity index (χ0v) is 21.2. The number of carbonyl (C=O) groups excluding carboxylic acids is 3. The molecule has 0 bridgehead atoms. The molecule has 3 aromatic rings. The lowest BCUT2D eigenvalue weighted by Crippen LogP contribution is -2.27. The van der Waals surface area contributed by atoms with Crippen LogP contribution in [0.3, 0.4) is 0 Å². The molecule has 1 aliphatic rings. The number of pyridine rings is 1. The van der Waals surface area contributed by atoms with Gasteiger partial charge < -0.3 is 25.2 Å². The number of ether oxygens (including phenoxy) is 1. The maximum absolute atomic E-state index is 13.1. The average Bonchev–Trinajstić information content (AvgIpc) is 3.24. The third-order valence-corrected chi connectivity index (χ3v) is 6.07. The first-order chi connectivity index (χ1) is 17.8. The van der Waals surface area contributed by atoms with Crippen molar-refractivity contribution >= 4 is 46.2 Å². The molecule has 0 atom stereocenters. The van der Waals surface area contributed by atoms with Crippen LogP contribution < -0.4 is 15.5 Å². The van der Waals surface area contributed by atoms with Gasteiger partial charge >= 0.3 is 5.97 Å². The van der Waals surface area contributed by atoms with Gasteiger partial charge in [0, 0.05) is 51.0 Å². The first-order valence-corrected chi connectivity index (χ1v) is 11.8. The number of fused-ring (bicyclic) bond motifs is 1. The second-order valence-corrected chi connectivity index (χ2v) is 8.79. The fourth-order valence-electron chi connectivity index (χ4n) is 3.96. The van der Waals surface area contributed by atoms with Crippen LogP contribution in [0.4, 0.5) is 17.2 Å². The van der Waals surface area contributed by atoms with Crippen LogP contribution in [0.15, 0.2) is 66.7 Å². The summed E-state index contributed by atoms with van der Waals surface area (Å²) < 4.78 is 4.75. The minimum Gasteiger partial charge on any atom is -0.464 e. The van der Waals surface area contributed by atoms with Gasteiger partial charge in [0.25, 0.3) is 5.91 Å². The Morgan fingerprint density at radius 2 is 1.68 bits per heavy atom. The molecule has 2 aromatic carbocycles. The quantitative estimate of drug-likeness (QED) is 0.360. The Labute approximate surface area is 215 Å². The number of carbonyl (C=O) groups is 3. The highest BCUT2D eigenvalue weighted by atomic mass is 16.5. The number of hydrogen-bond donors (Lipinski definition) is 2. The van der Waals surface area contributed by atoms with E-state index in [1.807, 2.05) is 66.5 Å². The summed E-state index contributed by atoms with van der Waals surface area (Å²) in [4.78, 5) is 44.8. The summed E-state index contributed by atoms with van der Waals surface area (Å²) in [5, 5.41) is 6.17. The van der Waals surface area contributed by atoms with Crippen molar-refractivity contribution < 1.29 is 19.1 Å². The smallest absolute Gasteiger partial charge is 0.356 e. The summed E-state index contributed by atoms with van der Waals surface area (Å²) in [6.07, 6.45) is 0.425. The highest BCUT2D eigenvalue weighted by Crippen LogP contribution is 2.37. The van der Waals surface area contributed by atoms with Crippen LogP contribution in [0.2, 0.25) is 0 Å². The Hall–Kier alpha value is -4.66. The lowest BCUT2D eigenvalue weighted by atomic mass is 10.0. The Bertz CT molecular complexity index is 1350. The van der Waals surface area contributed by atoms with Crippen molar-refractivity contribution in [3.8, 4) is 0 Å². The zero-order chi connectivity index (χ0) is 26.5. The molecular weight excluding hydrogens is 470 g/mol. The second kappa shape index (κ2) is 10.9. The van der Waals surface area contributed by atoms with Crippen molar-refractivity contribution in [1.29, 1.82) is 0 Å². The average molecular weight is 500 g/mol. The van der Waals surface area contributed by atoms with Crippen LogP contribution in [0.1, 0.15) is 28.0 Å². The molecule has 2 amide bonds. The van der Waals surface area contributed by atoms with Gasteiger partial charge in [0.05, 0.1) is 18.4 Å². The van der Waals surface area contributed by atoms with E-state index in [-0.39, 0.29) is 17.5 Å². The summed E-state index contributed by atoms with van der Waals surface area (Å²) in [7, 11) is 6.72. The van der Waals surface area contributed by atoms with Gasteiger partial charge in [-0.1, -0.05) is 30.3 Å². The molecule has 1 aliphatic heterocycles. The minimum absolute atomic E-state index is 0.0765. The summed E-state index contributed by atoms with van der Waals surface area (Å²) in [5.74, 6) is -0.514. The van der Waals surface area contributed by atoms with Gasteiger partial charge in [-0.2, -0.15) is 0 Å². The molecule has 0 saturated heterocycles. The molecule has 2 heterocycles. The van der Waals surface area contributed by atoms with Gasteiger partial charge in [0.15, 0.2) is 5.69 Å². The van der Waals surface area contributed by atoms with E-state index in [0.29, 0.717) is 35.6 Å². The van der Waals surface area contributed by atoms with Crippen LogP contribution in [0.5, 0.6) is 0 Å². The van der Waals surface area contributed by atoms with Crippen LogP contribution >= 0.6 is 0 Å². The maximum Gasteiger partial charge on any atom is 0.356 e. The number of aromatic nitrogens is 1. The van der Waals surface area contributed by atoms with Crippen molar-refractivity contribution in [3.05, 3.63) is 83.6 Å². The van der Waals surface area contributed by atoms with E-state index in [1.165, 1.54) is 7.11 Å². The van der Waals surface area contributed by atoms with Crippen molar-refractivity contribution in [3.63, 3.8) is 0 Å². The molecule has 4 rings (SSSR count). The predicted octanol–water partition coefficient (Wildman–Crippen LogP) is 3.72. The normalized spacial score (nSPS) is 13.4. The van der Waals surface area contributed by atoms with Crippen molar-refractivity contribution in [2.24, 2.45) is 0 Å². The number of nitrogens with zero attached hydrogens (tertiary/aromatic N) is 3. The van der Waals surface area contributed by atoms with Gasteiger partial charge in [0.2, 0.25) is 5.91 Å². The van der Waals surface area contributed by atoms with E-state index >= 15 is 0 Å². The third kappa shape index (κ3) is 5.61. The van der Waals surface area contributed by atoms with Crippen molar-refractivity contribution in [1.82, 2.24) is 9.88 Å². The van der Waals surface area contributed by atoms with Crippen LogP contribution in [-0.2, 0) is 14.3 Å². The Morgan fingerprint density at radius 3 is 2.32 bits per heavy atom. The topological polar surface area (TPSA) is 104 Å². The number of anilines is 3. The first-order valence-electron chi connectivity index (χ1n) is 11.8. The SMILES string of the molecule is COC(=O)c1ccc2c(n1)NC(=O)/C2=C(\Nc1ccc(N(C)CCC(=O)N(C)C)cc1)c1ccccc1. The van der Waals surface area contributed by atoms with Gasteiger partial charge in [-0.05, 0) is 42.0 Å². The van der Waals surface area contributed by atoms with Gasteiger partial charge in [-0.15, -0.1) is 0 Å². The fourth-order valence-corrected chi connectivity index (χ4v) is 3.96. The predicted molar refractivity (Wildman–Crippen MR) is 144 cm³/mol. The standard InChI is InChI=1S/C28H29N5O4/c1-32(2)23(34)16-17-33(3)20-12-10-19(11-13-20)29-25(18-8-6-5-7-9-18)24-21-14-15-22(28(36)37-4)30-26(21)31-27(24)35/h5-15,29H,16-17H2,1-4H3,(H,30,31,35)/b25-24-. The van der Waals surface area contributed by atoms with Gasteiger partial charge in [0.1, 0.15) is 5.82 Å². The first kappa shape index (κ1) is 25.4. The molecule has 9 nitrogen and oxygen atoms in total. The lowest BCUT2D eigenvalue weighted by molar-refractivity contribution is -0.128. The molecule has 190 valence electrons. The van der Waals surface area contributed by atoms with Crippen molar-refractivity contribution in [2.75, 3.05) is 50.3 Å². The summed E-state index contributed by atoms with van der Waals surface area (Å²) in [6.45, 7) is 0.598. The molecule has 0 radical (unpaired) electrons. The molecule has 0 unspecified atom stereocenters. The number of methoxy groups -OCH3 is 1. The monoisotopic (exact) mass is 499 g/mol. The largest absolute Gasteiger partial charge is 0.464 e. The van der Waals surface area contributed by atoms with E-state index in [4.69, 9.17) is 4.74 Å². The molecular formula is C28H29N5O4. The van der Waals surface area contributed by atoms with Crippen LogP contribution in [0.25, 0.3) is 11.3 Å². The third-order valence-electron chi connectivity index (χ3n) is 6.07. The van der Waals surface area contributed by atoms with E-state index < -0.39 is 5.97 Å². The molecule has 2 N–H and O–H groups in total. The highest BCUT2D eigenvalue weighted by molar-refractivity contribution is 6.37. The number of benzene rings is 2. The Morgan fingerprint density at radius 1 is 0.973 bits per heavy atom. The van der Waals surface area contributed by atoms with Crippen LogP contribution in [-0.4, -0.2) is 62.5 Å². The summed E-state index contributed by atoms with van der Waals surface area (Å²) >= 11 is 0. The zero-order valence-electron chi connectivity index (χ0n) is 21.2. The molecule has 9 heteroatoms. The highest BCUT2D eigenvalue weighted by Gasteiger charge is 2.30. The minimum atomic E-state index is -0.577. The molecule has 37 heavy (non-hydrogen) atoms. The lowest BCUT2D eigenvalue weighted by Gasteiger charge is -2.21. The van der Waals surface area contributed by atoms with Gasteiger partial charge in [-0.25, -0.2) is 9.78 Å². The molecule has 0 saturated carbocycles. The molecule has 0 spiro atoms. The second-order valence-electron chi connectivity index (χ2n) is 8.79. The number of esters is 1. The molecule has 1 aromatic heterocycles. The van der Waals surface area contributed by atoms with E-state index in [0.717, 1.165) is 16.9 Å². The number of nitrogens with one attached hydrogen (secondary N) is 2.